The molecule has 1 atom stereocenters. The van der Waals surface area contributed by atoms with Crippen molar-refractivity contribution < 1.29 is 9.59 Å². The Bertz CT molecular complexity index is 250. The fourth-order valence-corrected chi connectivity index (χ4v) is 1.80. The average molecular weight is 227 g/mol. The van der Waals surface area contributed by atoms with Crippen LogP contribution in [-0.2, 0) is 9.59 Å². The molecule has 2 amide bonds. The molecule has 16 heavy (non-hydrogen) atoms. The number of hydrogen-bond acceptors (Lipinski definition) is 3. The van der Waals surface area contributed by atoms with Crippen molar-refractivity contribution in [3.05, 3.63) is 0 Å². The number of nitrogens with one attached hydrogen (secondary N) is 2. The highest BCUT2D eigenvalue weighted by Crippen LogP contribution is 2.08. The van der Waals surface area contributed by atoms with Crippen molar-refractivity contribution in [3.8, 4) is 0 Å². The minimum atomic E-state index is -0.277. The Morgan fingerprint density at radius 1 is 1.31 bits per heavy atom. The lowest BCUT2D eigenvalue weighted by Crippen LogP contribution is -2.46. The standard InChI is InChI=1S/C11H21N3O2/c1-3-12-10(15)8-13-9(2)11(16)14-6-4-5-7-14/h9,13H,3-8H2,1-2H3,(H,12,15). The van der Waals surface area contributed by atoms with E-state index in [1.54, 1.807) is 6.92 Å². The maximum atomic E-state index is 11.8. The van der Waals surface area contributed by atoms with Crippen LogP contribution in [0.2, 0.25) is 0 Å². The minimum Gasteiger partial charge on any atom is -0.355 e. The second-order valence-electron chi connectivity index (χ2n) is 4.09. The second-order valence-corrected chi connectivity index (χ2v) is 4.09. The van der Waals surface area contributed by atoms with Gasteiger partial charge < -0.3 is 10.2 Å². The third-order valence-corrected chi connectivity index (χ3v) is 2.73. The van der Waals surface area contributed by atoms with Crippen LogP contribution >= 0.6 is 0 Å². The Balaban J connectivity index is 2.25. The van der Waals surface area contributed by atoms with E-state index in [4.69, 9.17) is 0 Å². The molecule has 1 fully saturated rings. The van der Waals surface area contributed by atoms with E-state index in [2.05, 4.69) is 10.6 Å². The number of rotatable bonds is 5. The summed E-state index contributed by atoms with van der Waals surface area (Å²) in [6.07, 6.45) is 2.18. The summed E-state index contributed by atoms with van der Waals surface area (Å²) in [7, 11) is 0. The zero-order valence-electron chi connectivity index (χ0n) is 10.1. The fraction of sp³-hybridized carbons (Fsp3) is 0.818. The predicted octanol–water partition coefficient (Wildman–Crippen LogP) is -0.277. The first kappa shape index (κ1) is 13.0. The molecule has 0 aromatic rings. The molecule has 0 spiro atoms. The molecule has 0 aromatic heterocycles. The number of likely N-dealkylation sites (N-methyl/N-ethyl adjacent to an activating group) is 1. The molecule has 1 saturated heterocycles. The molecule has 92 valence electrons. The Kier molecular flexibility index (Phi) is 5.25. The minimum absolute atomic E-state index is 0.0661. The van der Waals surface area contributed by atoms with Crippen LogP contribution in [0.1, 0.15) is 26.7 Å². The number of nitrogens with zero attached hydrogens (tertiary/aromatic N) is 1. The summed E-state index contributed by atoms with van der Waals surface area (Å²) in [5.74, 6) is 0.0328. The number of likely N-dealkylation sites (tertiary alicyclic amines) is 1. The quantitative estimate of drug-likeness (QED) is 0.679. The zero-order valence-corrected chi connectivity index (χ0v) is 10.1. The Morgan fingerprint density at radius 3 is 2.50 bits per heavy atom. The lowest BCUT2D eigenvalue weighted by atomic mass is 10.3. The molecule has 0 saturated carbocycles. The van der Waals surface area contributed by atoms with Crippen molar-refractivity contribution in [1.29, 1.82) is 0 Å². The number of hydrogen-bond donors (Lipinski definition) is 2. The third kappa shape index (κ3) is 3.81. The van der Waals surface area contributed by atoms with Gasteiger partial charge in [0.2, 0.25) is 11.8 Å². The van der Waals surface area contributed by atoms with E-state index in [0.29, 0.717) is 6.54 Å². The monoisotopic (exact) mass is 227 g/mol. The molecule has 5 nitrogen and oxygen atoms in total. The van der Waals surface area contributed by atoms with Gasteiger partial charge in [-0.1, -0.05) is 0 Å². The molecule has 1 aliphatic rings. The molecular weight excluding hydrogens is 206 g/mol. The molecular formula is C11H21N3O2. The van der Waals surface area contributed by atoms with Gasteiger partial charge in [0.05, 0.1) is 12.6 Å². The average Bonchev–Trinajstić information content (AvgIpc) is 2.78. The van der Waals surface area contributed by atoms with Crippen LogP contribution in [0.5, 0.6) is 0 Å². The first-order valence-corrected chi connectivity index (χ1v) is 5.94. The van der Waals surface area contributed by atoms with Crippen molar-refractivity contribution in [1.82, 2.24) is 15.5 Å². The molecule has 0 aromatic carbocycles. The second kappa shape index (κ2) is 6.48. The molecule has 5 heteroatoms. The summed E-state index contributed by atoms with van der Waals surface area (Å²) >= 11 is 0. The van der Waals surface area contributed by atoms with Crippen molar-refractivity contribution in [2.24, 2.45) is 0 Å². The van der Waals surface area contributed by atoms with Crippen molar-refractivity contribution in [3.63, 3.8) is 0 Å². The van der Waals surface area contributed by atoms with Crippen LogP contribution in [-0.4, -0.2) is 48.9 Å². The van der Waals surface area contributed by atoms with E-state index >= 15 is 0 Å². The van der Waals surface area contributed by atoms with Gasteiger partial charge in [-0.25, -0.2) is 0 Å². The maximum Gasteiger partial charge on any atom is 0.239 e. The van der Waals surface area contributed by atoms with Crippen LogP contribution in [0.3, 0.4) is 0 Å². The highest BCUT2D eigenvalue weighted by atomic mass is 16.2. The number of amides is 2. The van der Waals surface area contributed by atoms with Crippen LogP contribution in [0.25, 0.3) is 0 Å². The van der Waals surface area contributed by atoms with Gasteiger partial charge in [0.1, 0.15) is 0 Å². The summed E-state index contributed by atoms with van der Waals surface area (Å²) in [6.45, 7) is 6.21. The van der Waals surface area contributed by atoms with Crippen LogP contribution in [0.15, 0.2) is 0 Å². The van der Waals surface area contributed by atoms with E-state index < -0.39 is 0 Å². The summed E-state index contributed by atoms with van der Waals surface area (Å²) in [6, 6.07) is -0.277. The van der Waals surface area contributed by atoms with Gasteiger partial charge in [0.15, 0.2) is 0 Å². The van der Waals surface area contributed by atoms with Crippen molar-refractivity contribution in [2.45, 2.75) is 32.7 Å². The first-order valence-electron chi connectivity index (χ1n) is 5.94. The maximum absolute atomic E-state index is 11.8. The van der Waals surface area contributed by atoms with Crippen LogP contribution < -0.4 is 10.6 Å². The summed E-state index contributed by atoms with van der Waals surface area (Å²) < 4.78 is 0. The smallest absolute Gasteiger partial charge is 0.239 e. The molecule has 1 heterocycles. The normalized spacial score (nSPS) is 17.2. The molecule has 1 unspecified atom stereocenters. The Labute approximate surface area is 96.6 Å². The molecule has 0 bridgehead atoms. The van der Waals surface area contributed by atoms with Crippen LogP contribution in [0, 0.1) is 0 Å². The van der Waals surface area contributed by atoms with E-state index in [1.807, 2.05) is 11.8 Å². The highest BCUT2D eigenvalue weighted by Gasteiger charge is 2.22. The predicted molar refractivity (Wildman–Crippen MR) is 62.0 cm³/mol. The topological polar surface area (TPSA) is 61.4 Å². The van der Waals surface area contributed by atoms with Crippen molar-refractivity contribution >= 4 is 11.8 Å². The highest BCUT2D eigenvalue weighted by molar-refractivity contribution is 5.83. The van der Waals surface area contributed by atoms with Crippen LogP contribution in [0.4, 0.5) is 0 Å². The lowest BCUT2D eigenvalue weighted by Gasteiger charge is -2.20. The van der Waals surface area contributed by atoms with E-state index in [-0.39, 0.29) is 24.4 Å². The van der Waals surface area contributed by atoms with Gasteiger partial charge in [0.25, 0.3) is 0 Å². The molecule has 0 radical (unpaired) electrons. The molecule has 2 N–H and O–H groups in total. The molecule has 0 aliphatic carbocycles. The van der Waals surface area contributed by atoms with E-state index in [9.17, 15) is 9.59 Å². The zero-order chi connectivity index (χ0) is 12.0. The van der Waals surface area contributed by atoms with Gasteiger partial charge in [-0.2, -0.15) is 0 Å². The third-order valence-electron chi connectivity index (χ3n) is 2.73. The lowest BCUT2D eigenvalue weighted by molar-refractivity contribution is -0.132. The summed E-state index contributed by atoms with van der Waals surface area (Å²) in [5.41, 5.74) is 0. The van der Waals surface area contributed by atoms with Crippen molar-refractivity contribution in [2.75, 3.05) is 26.2 Å². The van der Waals surface area contributed by atoms with Gasteiger partial charge in [-0.3, -0.25) is 14.9 Å². The number of carbonyl (C=O) groups excluding carboxylic acids is 2. The largest absolute Gasteiger partial charge is 0.355 e. The molecule has 1 rings (SSSR count). The molecule has 1 aliphatic heterocycles. The Hall–Kier alpha value is -1.10. The number of carbonyl (C=O) groups is 2. The Morgan fingerprint density at radius 2 is 1.94 bits per heavy atom. The first-order chi connectivity index (χ1) is 7.65. The van der Waals surface area contributed by atoms with Gasteiger partial charge in [-0.15, -0.1) is 0 Å². The van der Waals surface area contributed by atoms with E-state index in [0.717, 1.165) is 25.9 Å². The fourth-order valence-electron chi connectivity index (χ4n) is 1.80. The van der Waals surface area contributed by atoms with E-state index in [1.165, 1.54) is 0 Å². The van der Waals surface area contributed by atoms with Gasteiger partial charge in [0, 0.05) is 19.6 Å². The van der Waals surface area contributed by atoms with Gasteiger partial charge in [-0.05, 0) is 26.7 Å². The SMILES string of the molecule is CCNC(=O)CNC(C)C(=O)N1CCCC1. The summed E-state index contributed by atoms with van der Waals surface area (Å²) in [5, 5.41) is 5.62. The summed E-state index contributed by atoms with van der Waals surface area (Å²) in [4.78, 5) is 24.9. The van der Waals surface area contributed by atoms with Gasteiger partial charge >= 0.3 is 0 Å².